The second-order valence-corrected chi connectivity index (χ2v) is 8.19. The molecule has 1 aromatic rings. The summed E-state index contributed by atoms with van der Waals surface area (Å²) in [7, 11) is 7.83. The van der Waals surface area contributed by atoms with Crippen molar-refractivity contribution in [1.82, 2.24) is 4.58 Å². The lowest BCUT2D eigenvalue weighted by Gasteiger charge is -2.19. The highest BCUT2D eigenvalue weighted by atomic mass is 16.4. The average molecular weight is 429 g/mol. The Morgan fingerprint density at radius 1 is 1.12 bits per heavy atom. The average Bonchev–Trinajstić information content (AvgIpc) is 2.99. The molecule has 4 rings (SSSR count). The lowest BCUT2D eigenvalue weighted by atomic mass is 9.89. The number of allylic oxidation sites excluding steroid dienone is 4. The van der Waals surface area contributed by atoms with Crippen LogP contribution in [0.1, 0.15) is 12.0 Å². The topological polar surface area (TPSA) is 73.8 Å². The summed E-state index contributed by atoms with van der Waals surface area (Å²) in [6.45, 7) is 0. The number of aliphatic carboxylic acids is 1. The minimum atomic E-state index is -1.03. The molecular weight excluding hydrogens is 404 g/mol. The second kappa shape index (κ2) is 8.30. The van der Waals surface area contributed by atoms with E-state index in [0.717, 1.165) is 33.8 Å². The molecule has 2 aliphatic carbocycles. The molecule has 0 amide bonds. The van der Waals surface area contributed by atoms with Gasteiger partial charge in [0.05, 0.1) is 11.6 Å². The summed E-state index contributed by atoms with van der Waals surface area (Å²) in [4.78, 5) is 25.5. The number of rotatable bonds is 4. The molecule has 6 nitrogen and oxygen atoms in total. The Morgan fingerprint density at radius 2 is 1.91 bits per heavy atom. The summed E-state index contributed by atoms with van der Waals surface area (Å²) < 4.78 is 8.30. The number of carboxylic acid groups (broad SMARTS) is 1. The van der Waals surface area contributed by atoms with Crippen molar-refractivity contribution < 1.29 is 19.1 Å². The zero-order chi connectivity index (χ0) is 23.0. The van der Waals surface area contributed by atoms with Gasteiger partial charge < -0.3 is 14.4 Å². The van der Waals surface area contributed by atoms with Crippen LogP contribution >= 0.6 is 0 Å². The van der Waals surface area contributed by atoms with Crippen molar-refractivity contribution in [1.29, 1.82) is 0 Å². The van der Waals surface area contributed by atoms with Crippen molar-refractivity contribution in [3.05, 3.63) is 76.7 Å². The molecule has 0 unspecified atom stereocenters. The molecule has 1 N–H and O–H groups in total. The predicted molar refractivity (Wildman–Crippen MR) is 127 cm³/mol. The highest BCUT2D eigenvalue weighted by Gasteiger charge is 2.25. The number of hydrogen-bond donors (Lipinski definition) is 1. The molecule has 0 radical (unpaired) electrons. The molecule has 0 atom stereocenters. The van der Waals surface area contributed by atoms with E-state index in [2.05, 4.69) is 0 Å². The number of carboxylic acids is 1. The van der Waals surface area contributed by atoms with Gasteiger partial charge in [-0.25, -0.2) is 9.37 Å². The van der Waals surface area contributed by atoms with E-state index >= 15 is 0 Å². The zero-order valence-corrected chi connectivity index (χ0v) is 18.5. The molecule has 162 valence electrons. The quantitative estimate of drug-likeness (QED) is 0.390. The number of aldehydes is 1. The molecule has 32 heavy (non-hydrogen) atoms. The highest BCUT2D eigenvalue weighted by Crippen LogP contribution is 2.41. The van der Waals surface area contributed by atoms with Crippen molar-refractivity contribution in [2.75, 3.05) is 33.1 Å². The van der Waals surface area contributed by atoms with Crippen molar-refractivity contribution in [3.63, 3.8) is 0 Å². The summed E-state index contributed by atoms with van der Waals surface area (Å²) in [5.41, 5.74) is 4.45. The van der Waals surface area contributed by atoms with E-state index in [9.17, 15) is 14.7 Å². The molecule has 3 aliphatic rings. The lowest BCUT2D eigenvalue weighted by molar-refractivity contribution is -0.132. The number of carbonyl (C=O) groups is 2. The second-order valence-electron chi connectivity index (χ2n) is 8.19. The third-order valence-corrected chi connectivity index (χ3v) is 5.67. The van der Waals surface area contributed by atoms with Crippen LogP contribution in [0.2, 0.25) is 0 Å². The van der Waals surface area contributed by atoms with Gasteiger partial charge in [0.25, 0.3) is 0 Å². The van der Waals surface area contributed by atoms with E-state index in [4.69, 9.17) is 4.42 Å². The summed E-state index contributed by atoms with van der Waals surface area (Å²) >= 11 is 0. The predicted octanol–water partition coefficient (Wildman–Crippen LogP) is 3.56. The van der Waals surface area contributed by atoms with Crippen LogP contribution in [0.15, 0.2) is 70.2 Å². The molecule has 1 aromatic carbocycles. The summed E-state index contributed by atoms with van der Waals surface area (Å²) in [5.74, 6) is -0.377. The number of nitrogens with zero attached hydrogens (tertiary/aromatic N) is 2. The van der Waals surface area contributed by atoms with E-state index in [0.29, 0.717) is 22.5 Å². The molecule has 0 spiro atoms. The van der Waals surface area contributed by atoms with Crippen molar-refractivity contribution in [2.24, 2.45) is 0 Å². The first-order chi connectivity index (χ1) is 15.3. The Balaban J connectivity index is 2.15. The van der Waals surface area contributed by atoms with Crippen LogP contribution < -0.4 is 14.8 Å². The van der Waals surface area contributed by atoms with Crippen molar-refractivity contribution >= 4 is 34.5 Å². The first-order valence-corrected chi connectivity index (χ1v) is 10.3. The zero-order valence-electron chi connectivity index (χ0n) is 18.5. The minimum Gasteiger partial charge on any atom is -0.478 e. The van der Waals surface area contributed by atoms with Gasteiger partial charge in [-0.2, -0.15) is 0 Å². The van der Waals surface area contributed by atoms with Gasteiger partial charge in [0.15, 0.2) is 0 Å². The molecule has 0 aromatic heterocycles. The highest BCUT2D eigenvalue weighted by molar-refractivity contribution is 6.12. The third kappa shape index (κ3) is 3.75. The first-order valence-electron chi connectivity index (χ1n) is 10.3. The molecule has 6 heteroatoms. The number of anilines is 1. The SMILES string of the molecule is CN(C)c1ccc2c(C3=CC=C(C=O)CC=C3C(=O)O)c3ccc(=[N+](C)C)cc-3oc2c1. The van der Waals surface area contributed by atoms with E-state index in [-0.39, 0.29) is 12.0 Å². The maximum absolute atomic E-state index is 12.2. The maximum atomic E-state index is 12.2. The van der Waals surface area contributed by atoms with Gasteiger partial charge in [0.1, 0.15) is 31.7 Å². The van der Waals surface area contributed by atoms with Crippen LogP contribution in [-0.4, -0.2) is 45.6 Å². The summed E-state index contributed by atoms with van der Waals surface area (Å²) in [5, 5.41) is 11.8. The van der Waals surface area contributed by atoms with E-state index in [1.165, 1.54) is 0 Å². The number of carbonyl (C=O) groups excluding carboxylic acids is 1. The fraction of sp³-hybridized carbons (Fsp3) is 0.192. The van der Waals surface area contributed by atoms with Gasteiger partial charge >= 0.3 is 5.97 Å². The van der Waals surface area contributed by atoms with Gasteiger partial charge in [-0.15, -0.1) is 0 Å². The first kappa shape index (κ1) is 21.3. The molecule has 0 saturated carbocycles. The number of hydrogen-bond acceptors (Lipinski definition) is 4. The van der Waals surface area contributed by atoms with Gasteiger partial charge in [0, 0.05) is 48.4 Å². The van der Waals surface area contributed by atoms with Crippen LogP contribution in [0.25, 0.3) is 27.9 Å². The Kier molecular flexibility index (Phi) is 5.53. The molecule has 1 heterocycles. The molecule has 0 saturated heterocycles. The Hall–Kier alpha value is -3.93. The number of benzene rings is 2. The maximum Gasteiger partial charge on any atom is 0.336 e. The minimum absolute atomic E-state index is 0.167. The molecule has 0 fully saturated rings. The van der Waals surface area contributed by atoms with Crippen LogP contribution in [0.3, 0.4) is 0 Å². The molecule has 0 bridgehead atoms. The lowest BCUT2D eigenvalue weighted by Crippen LogP contribution is -2.21. The molecular formula is C26H25N2O4+. The molecule has 1 aliphatic heterocycles. The van der Waals surface area contributed by atoms with Gasteiger partial charge in [-0.05, 0) is 35.8 Å². The van der Waals surface area contributed by atoms with Crippen molar-refractivity contribution in [2.45, 2.75) is 6.42 Å². The van der Waals surface area contributed by atoms with Crippen molar-refractivity contribution in [3.8, 4) is 11.3 Å². The van der Waals surface area contributed by atoms with Crippen LogP contribution in [0, 0.1) is 0 Å². The van der Waals surface area contributed by atoms with E-state index < -0.39 is 5.97 Å². The largest absolute Gasteiger partial charge is 0.478 e. The van der Waals surface area contributed by atoms with Gasteiger partial charge in [-0.3, -0.25) is 4.79 Å². The van der Waals surface area contributed by atoms with Gasteiger partial charge in [-0.1, -0.05) is 18.2 Å². The van der Waals surface area contributed by atoms with E-state index in [1.807, 2.05) is 74.1 Å². The third-order valence-electron chi connectivity index (χ3n) is 5.67. The smallest absolute Gasteiger partial charge is 0.336 e. The van der Waals surface area contributed by atoms with E-state index in [1.54, 1.807) is 18.2 Å². The van der Waals surface area contributed by atoms with Crippen LogP contribution in [0.5, 0.6) is 0 Å². The standard InChI is InChI=1S/C26H24N2O4/c1-27(2)17-7-11-21-23(13-17)32-24-14-18(28(3)4)8-12-22(24)25(21)19-9-5-16(15-29)6-10-20(19)26(30)31/h5,7-15H,6H2,1-4H3/p+1. The summed E-state index contributed by atoms with van der Waals surface area (Å²) in [6, 6.07) is 11.8. The normalized spacial score (nSPS) is 13.8. The fourth-order valence-corrected chi connectivity index (χ4v) is 3.90. The Labute approximate surface area is 186 Å². The van der Waals surface area contributed by atoms with Crippen LogP contribution in [0.4, 0.5) is 5.69 Å². The summed E-state index contributed by atoms with van der Waals surface area (Å²) in [6.07, 6.45) is 6.06. The fourth-order valence-electron chi connectivity index (χ4n) is 3.90. The van der Waals surface area contributed by atoms with Gasteiger partial charge in [0.2, 0.25) is 5.36 Å². The number of fused-ring (bicyclic) bond motifs is 2. The van der Waals surface area contributed by atoms with Crippen LogP contribution in [-0.2, 0) is 9.59 Å². The Bertz CT molecular complexity index is 1380. The monoisotopic (exact) mass is 429 g/mol. The Morgan fingerprint density at radius 3 is 2.56 bits per heavy atom.